The van der Waals surface area contributed by atoms with Gasteiger partial charge in [-0.15, -0.1) is 0 Å². The molecule has 1 aromatic rings. The van der Waals surface area contributed by atoms with Crippen molar-refractivity contribution in [1.29, 1.82) is 0 Å². The van der Waals surface area contributed by atoms with E-state index in [0.29, 0.717) is 17.5 Å². The van der Waals surface area contributed by atoms with Crippen molar-refractivity contribution in [3.8, 4) is 0 Å². The van der Waals surface area contributed by atoms with E-state index in [9.17, 15) is 32.4 Å². The molecule has 118 valence electrons. The zero-order valence-electron chi connectivity index (χ0n) is 10.9. The number of hydrogen-bond acceptors (Lipinski definition) is 3. The van der Waals surface area contributed by atoms with E-state index in [4.69, 9.17) is 0 Å². The minimum Gasteiger partial charge on any atom is -0.196 e. The second-order valence-electron chi connectivity index (χ2n) is 5.08. The molecule has 0 aromatic heterocycles. The Labute approximate surface area is 121 Å². The lowest BCUT2D eigenvalue weighted by Crippen LogP contribution is -2.44. The zero-order chi connectivity index (χ0) is 16.1. The molecule has 1 heterocycles. The second kappa shape index (κ2) is 5.08. The van der Waals surface area contributed by atoms with Crippen LogP contribution in [0.1, 0.15) is 23.5 Å². The van der Waals surface area contributed by atoms with E-state index in [1.165, 1.54) is 12.1 Å². The summed E-state index contributed by atoms with van der Waals surface area (Å²) in [5.41, 5.74) is 0.978. The fourth-order valence-electron chi connectivity index (χ4n) is 2.25. The standard InChI is InChI=1S/C12H13F5NO2S/c1-7-2-3-10-9(4-7)8(6-18(19,20)21-10)5-11(13,14)12(15,16)17/h2-4,8,19-20H,5-6H2,1H3/q+1. The van der Waals surface area contributed by atoms with Crippen LogP contribution >= 0.6 is 11.9 Å². The van der Waals surface area contributed by atoms with Crippen molar-refractivity contribution in [3.63, 3.8) is 0 Å². The molecule has 2 N–H and O–H groups in total. The molecule has 1 atom stereocenters. The summed E-state index contributed by atoms with van der Waals surface area (Å²) in [6.45, 7) is 1.03. The molecular weight excluding hydrogens is 317 g/mol. The van der Waals surface area contributed by atoms with Gasteiger partial charge in [-0.05, 0) is 18.6 Å². The molecule has 21 heavy (non-hydrogen) atoms. The van der Waals surface area contributed by atoms with Crippen molar-refractivity contribution < 1.29 is 36.6 Å². The van der Waals surface area contributed by atoms with Gasteiger partial charge in [0.15, 0.2) is 18.5 Å². The van der Waals surface area contributed by atoms with Gasteiger partial charge in [-0.25, -0.2) is 0 Å². The molecule has 0 radical (unpaired) electrons. The van der Waals surface area contributed by atoms with Crippen LogP contribution in [0.3, 0.4) is 0 Å². The third-order valence-corrected chi connectivity index (χ3v) is 4.24. The first-order valence-electron chi connectivity index (χ1n) is 5.99. The van der Waals surface area contributed by atoms with Crippen LogP contribution in [0.25, 0.3) is 0 Å². The fourth-order valence-corrected chi connectivity index (χ4v) is 3.28. The number of rotatable bonds is 2. The van der Waals surface area contributed by atoms with E-state index in [2.05, 4.69) is 0 Å². The number of quaternary nitrogens is 1. The summed E-state index contributed by atoms with van der Waals surface area (Å²) in [4.78, 5) is 0.278. The Kier molecular flexibility index (Phi) is 3.98. The van der Waals surface area contributed by atoms with Crippen LogP contribution < -0.4 is 0 Å². The van der Waals surface area contributed by atoms with Gasteiger partial charge in [0.05, 0.1) is 4.90 Å². The summed E-state index contributed by atoms with van der Waals surface area (Å²) in [5.74, 6) is -6.20. The van der Waals surface area contributed by atoms with Crippen molar-refractivity contribution in [2.24, 2.45) is 0 Å². The largest absolute Gasteiger partial charge is 0.453 e. The average molecular weight is 330 g/mol. The van der Waals surface area contributed by atoms with Gasteiger partial charge in [0.1, 0.15) is 0 Å². The Morgan fingerprint density at radius 2 is 1.86 bits per heavy atom. The maximum atomic E-state index is 13.3. The molecule has 0 bridgehead atoms. The van der Waals surface area contributed by atoms with Gasteiger partial charge in [-0.2, -0.15) is 32.4 Å². The lowest BCUT2D eigenvalue weighted by Gasteiger charge is -2.33. The molecule has 1 aromatic carbocycles. The van der Waals surface area contributed by atoms with Crippen molar-refractivity contribution >= 4 is 11.9 Å². The van der Waals surface area contributed by atoms with Crippen molar-refractivity contribution in [2.75, 3.05) is 6.54 Å². The number of benzene rings is 1. The quantitative estimate of drug-likeness (QED) is 0.483. The van der Waals surface area contributed by atoms with Gasteiger partial charge in [-0.1, -0.05) is 17.7 Å². The lowest BCUT2D eigenvalue weighted by molar-refractivity contribution is -1.15. The van der Waals surface area contributed by atoms with Crippen LogP contribution in [0.15, 0.2) is 23.1 Å². The third kappa shape index (κ3) is 3.47. The Morgan fingerprint density at radius 3 is 2.43 bits per heavy atom. The smallest absolute Gasteiger partial charge is 0.196 e. The fraction of sp³-hybridized carbons (Fsp3) is 0.500. The Bertz CT molecular complexity index is 547. The van der Waals surface area contributed by atoms with Gasteiger partial charge in [0, 0.05) is 16.6 Å². The SMILES string of the molecule is Cc1ccc2c(c1)C(CC(F)(F)C(F)(F)F)C[N+](O)(O)S2. The predicted octanol–water partition coefficient (Wildman–Crippen LogP) is 4.28. The molecule has 0 fully saturated rings. The third-order valence-electron chi connectivity index (χ3n) is 3.23. The Morgan fingerprint density at radius 1 is 1.24 bits per heavy atom. The minimum absolute atomic E-state index is 0.278. The van der Waals surface area contributed by atoms with E-state index in [-0.39, 0.29) is 10.5 Å². The molecule has 2 rings (SSSR count). The van der Waals surface area contributed by atoms with Crippen molar-refractivity contribution in [2.45, 2.75) is 36.3 Å². The molecule has 9 heteroatoms. The number of hydroxylamine groups is 2. The van der Waals surface area contributed by atoms with E-state index >= 15 is 0 Å². The van der Waals surface area contributed by atoms with Crippen molar-refractivity contribution in [3.05, 3.63) is 29.3 Å². The number of halogens is 5. The van der Waals surface area contributed by atoms with Gasteiger partial charge < -0.3 is 0 Å². The van der Waals surface area contributed by atoms with Gasteiger partial charge in [-0.3, -0.25) is 0 Å². The number of alkyl halides is 5. The highest BCUT2D eigenvalue weighted by molar-refractivity contribution is 7.93. The molecule has 1 aliphatic rings. The first-order chi connectivity index (χ1) is 9.41. The van der Waals surface area contributed by atoms with Crippen LogP contribution in [-0.2, 0) is 0 Å². The summed E-state index contributed by atoms with van der Waals surface area (Å²) >= 11 is 0.583. The van der Waals surface area contributed by atoms with Gasteiger partial charge >= 0.3 is 12.1 Å². The van der Waals surface area contributed by atoms with Gasteiger partial charge in [0.2, 0.25) is 0 Å². The molecule has 3 nitrogen and oxygen atoms in total. The highest BCUT2D eigenvalue weighted by Crippen LogP contribution is 2.48. The maximum Gasteiger partial charge on any atom is 0.453 e. The van der Waals surface area contributed by atoms with E-state index in [1.807, 2.05) is 0 Å². The first-order valence-corrected chi connectivity index (χ1v) is 6.77. The van der Waals surface area contributed by atoms with E-state index < -0.39 is 35.2 Å². The summed E-state index contributed by atoms with van der Waals surface area (Å²) in [6.07, 6.45) is -7.18. The lowest BCUT2D eigenvalue weighted by atomic mass is 9.91. The molecule has 1 unspecified atom stereocenters. The Balaban J connectivity index is 2.38. The number of hydrogen-bond donors (Lipinski definition) is 2. The molecule has 0 aliphatic carbocycles. The van der Waals surface area contributed by atoms with Crippen LogP contribution in [0.5, 0.6) is 0 Å². The highest BCUT2D eigenvalue weighted by Gasteiger charge is 2.59. The molecule has 0 saturated heterocycles. The number of fused-ring (bicyclic) bond motifs is 1. The molecule has 1 aliphatic heterocycles. The first kappa shape index (κ1) is 16.5. The average Bonchev–Trinajstić information content (AvgIpc) is 2.27. The topological polar surface area (TPSA) is 40.5 Å². The summed E-state index contributed by atoms with van der Waals surface area (Å²) < 4.78 is 61.9. The van der Waals surface area contributed by atoms with Crippen LogP contribution in [0, 0.1) is 6.92 Å². The summed E-state index contributed by atoms with van der Waals surface area (Å²) in [7, 11) is 0. The normalized spacial score (nSPS) is 22.0. The van der Waals surface area contributed by atoms with Crippen LogP contribution in [0.2, 0.25) is 0 Å². The number of nitrogens with zero attached hydrogens (tertiary/aromatic N) is 1. The minimum atomic E-state index is -5.66. The van der Waals surface area contributed by atoms with Crippen LogP contribution in [-0.4, -0.2) is 33.3 Å². The summed E-state index contributed by atoms with van der Waals surface area (Å²) in [5, 5.41) is 19.2. The van der Waals surface area contributed by atoms with E-state index in [0.717, 1.165) is 0 Å². The number of aryl methyl sites for hydroxylation is 1. The second-order valence-corrected chi connectivity index (χ2v) is 6.29. The van der Waals surface area contributed by atoms with E-state index in [1.54, 1.807) is 13.0 Å². The summed E-state index contributed by atoms with van der Waals surface area (Å²) in [6, 6.07) is 4.60. The van der Waals surface area contributed by atoms with Crippen LogP contribution in [0.4, 0.5) is 22.0 Å². The molecule has 0 saturated carbocycles. The molecule has 0 spiro atoms. The Hall–Kier alpha value is -0.900. The molecule has 0 amide bonds. The predicted molar refractivity (Wildman–Crippen MR) is 64.1 cm³/mol. The monoisotopic (exact) mass is 330 g/mol. The zero-order valence-corrected chi connectivity index (χ0v) is 11.7. The molecular formula is C12H13F5NO2S+. The van der Waals surface area contributed by atoms with Crippen molar-refractivity contribution in [1.82, 2.24) is 0 Å². The van der Waals surface area contributed by atoms with Gasteiger partial charge in [0.25, 0.3) is 0 Å². The maximum absolute atomic E-state index is 13.3. The highest BCUT2D eigenvalue weighted by atomic mass is 32.2.